The van der Waals surface area contributed by atoms with Gasteiger partial charge in [0.2, 0.25) is 5.91 Å². The molecule has 2 aliphatic rings. The maximum Gasteiger partial charge on any atom is 0.407 e. The second-order valence-corrected chi connectivity index (χ2v) is 8.25. The summed E-state index contributed by atoms with van der Waals surface area (Å²) in [7, 11) is 0. The lowest BCUT2D eigenvalue weighted by Gasteiger charge is -2.24. The van der Waals surface area contributed by atoms with Gasteiger partial charge >= 0.3 is 12.1 Å². The van der Waals surface area contributed by atoms with Crippen molar-refractivity contribution in [2.75, 3.05) is 19.7 Å². The number of nitrogens with one attached hydrogen (secondary N) is 1. The molecule has 0 heterocycles. The first kappa shape index (κ1) is 20.9. The van der Waals surface area contributed by atoms with E-state index in [-0.39, 0.29) is 19.1 Å². The second kappa shape index (κ2) is 8.79. The molecule has 0 unspecified atom stereocenters. The minimum absolute atomic E-state index is 0.0671. The molecule has 1 saturated carbocycles. The van der Waals surface area contributed by atoms with Gasteiger partial charge in [0.05, 0.1) is 0 Å². The van der Waals surface area contributed by atoms with Gasteiger partial charge < -0.3 is 20.1 Å². The SMILES string of the molecule is C[C@H](NC(=O)OCC1c2ccccc2-c2ccccc21)C(=O)N(CC(=O)O)CC1CC1. The number of aliphatic carboxylic acids is 1. The molecule has 0 saturated heterocycles. The van der Waals surface area contributed by atoms with Gasteiger partial charge in [-0.2, -0.15) is 0 Å². The predicted molar refractivity (Wildman–Crippen MR) is 115 cm³/mol. The van der Waals surface area contributed by atoms with Crippen LogP contribution >= 0.6 is 0 Å². The van der Waals surface area contributed by atoms with Crippen LogP contribution in [0.3, 0.4) is 0 Å². The maximum absolute atomic E-state index is 12.7. The van der Waals surface area contributed by atoms with Gasteiger partial charge in [-0.05, 0) is 47.9 Å². The molecule has 2 aromatic rings. The van der Waals surface area contributed by atoms with E-state index in [0.717, 1.165) is 35.1 Å². The Morgan fingerprint density at radius 1 is 1.06 bits per heavy atom. The molecule has 0 aromatic heterocycles. The van der Waals surface area contributed by atoms with Gasteiger partial charge in [0.25, 0.3) is 0 Å². The van der Waals surface area contributed by atoms with Crippen LogP contribution in [0.2, 0.25) is 0 Å². The topological polar surface area (TPSA) is 95.9 Å². The number of carbonyl (C=O) groups is 3. The van der Waals surface area contributed by atoms with Crippen molar-refractivity contribution in [3.63, 3.8) is 0 Å². The lowest BCUT2D eigenvalue weighted by molar-refractivity contribution is -0.145. The summed E-state index contributed by atoms with van der Waals surface area (Å²) in [5.74, 6) is -1.20. The van der Waals surface area contributed by atoms with Gasteiger partial charge in [-0.3, -0.25) is 9.59 Å². The molecule has 2 aliphatic carbocycles. The van der Waals surface area contributed by atoms with Gasteiger partial charge in [0, 0.05) is 12.5 Å². The first-order valence-corrected chi connectivity index (χ1v) is 10.6. The fraction of sp³-hybridized carbons (Fsp3) is 0.375. The third kappa shape index (κ3) is 4.71. The van der Waals surface area contributed by atoms with Gasteiger partial charge in [0.1, 0.15) is 19.2 Å². The number of benzene rings is 2. The number of carboxylic acid groups (broad SMARTS) is 1. The molecule has 162 valence electrons. The first-order chi connectivity index (χ1) is 14.9. The van der Waals surface area contributed by atoms with Gasteiger partial charge in [-0.15, -0.1) is 0 Å². The average Bonchev–Trinajstić information content (AvgIpc) is 3.51. The summed E-state index contributed by atoms with van der Waals surface area (Å²) in [6.07, 6.45) is 1.30. The number of carbonyl (C=O) groups excluding carboxylic acids is 2. The summed E-state index contributed by atoms with van der Waals surface area (Å²) in [5, 5.41) is 11.6. The van der Waals surface area contributed by atoms with Crippen LogP contribution in [-0.4, -0.2) is 53.7 Å². The molecule has 0 bridgehead atoms. The van der Waals surface area contributed by atoms with Crippen LogP contribution in [0, 0.1) is 5.92 Å². The zero-order valence-corrected chi connectivity index (χ0v) is 17.4. The molecule has 2 aromatic carbocycles. The van der Waals surface area contributed by atoms with Crippen molar-refractivity contribution in [3.05, 3.63) is 59.7 Å². The van der Waals surface area contributed by atoms with Crippen LogP contribution in [0.4, 0.5) is 4.79 Å². The summed E-state index contributed by atoms with van der Waals surface area (Å²) in [5.41, 5.74) is 4.50. The van der Waals surface area contributed by atoms with Gasteiger partial charge in [-0.25, -0.2) is 4.79 Å². The molecular formula is C24H26N2O5. The molecule has 7 nitrogen and oxygen atoms in total. The monoisotopic (exact) mass is 422 g/mol. The van der Waals surface area contributed by atoms with Crippen LogP contribution in [-0.2, 0) is 14.3 Å². The minimum atomic E-state index is -1.07. The Kier molecular flexibility index (Phi) is 5.93. The number of alkyl carbamates (subject to hydrolysis) is 1. The molecule has 1 fully saturated rings. The first-order valence-electron chi connectivity index (χ1n) is 10.6. The molecular weight excluding hydrogens is 396 g/mol. The molecule has 31 heavy (non-hydrogen) atoms. The lowest BCUT2D eigenvalue weighted by Crippen LogP contribution is -2.49. The summed E-state index contributed by atoms with van der Waals surface area (Å²) in [6, 6.07) is 15.2. The van der Waals surface area contributed by atoms with Crippen molar-refractivity contribution in [1.82, 2.24) is 10.2 Å². The molecule has 0 spiro atoms. The highest BCUT2D eigenvalue weighted by Gasteiger charge is 2.32. The van der Waals surface area contributed by atoms with E-state index in [2.05, 4.69) is 17.4 Å². The van der Waals surface area contributed by atoms with Crippen LogP contribution in [0.25, 0.3) is 11.1 Å². The van der Waals surface area contributed by atoms with Crippen LogP contribution in [0.5, 0.6) is 0 Å². The van der Waals surface area contributed by atoms with Crippen molar-refractivity contribution in [3.8, 4) is 11.1 Å². The largest absolute Gasteiger partial charge is 0.480 e. The van der Waals surface area contributed by atoms with Crippen LogP contribution in [0.15, 0.2) is 48.5 Å². The number of carboxylic acids is 1. The van der Waals surface area contributed by atoms with E-state index >= 15 is 0 Å². The highest BCUT2D eigenvalue weighted by Crippen LogP contribution is 2.44. The third-order valence-electron chi connectivity index (χ3n) is 5.86. The van der Waals surface area contributed by atoms with E-state index in [1.165, 1.54) is 4.90 Å². The van der Waals surface area contributed by atoms with E-state index < -0.39 is 24.0 Å². The lowest BCUT2D eigenvalue weighted by atomic mass is 9.98. The average molecular weight is 422 g/mol. The van der Waals surface area contributed by atoms with E-state index in [9.17, 15) is 14.4 Å². The molecule has 4 rings (SSSR count). The number of amides is 2. The zero-order chi connectivity index (χ0) is 22.0. The van der Waals surface area contributed by atoms with E-state index in [1.807, 2.05) is 36.4 Å². The van der Waals surface area contributed by atoms with Crippen molar-refractivity contribution in [2.24, 2.45) is 5.92 Å². The third-order valence-corrected chi connectivity index (χ3v) is 5.86. The normalized spacial score (nSPS) is 15.5. The molecule has 0 aliphatic heterocycles. The Hall–Kier alpha value is -3.35. The van der Waals surface area contributed by atoms with E-state index in [4.69, 9.17) is 9.84 Å². The minimum Gasteiger partial charge on any atom is -0.480 e. The van der Waals surface area contributed by atoms with Crippen LogP contribution in [0.1, 0.15) is 36.8 Å². The maximum atomic E-state index is 12.7. The number of fused-ring (bicyclic) bond motifs is 3. The quantitative estimate of drug-likeness (QED) is 0.681. The smallest absolute Gasteiger partial charge is 0.407 e. The highest BCUT2D eigenvalue weighted by molar-refractivity contribution is 5.88. The number of hydrogen-bond donors (Lipinski definition) is 2. The Balaban J connectivity index is 1.37. The number of nitrogens with zero attached hydrogens (tertiary/aromatic N) is 1. The molecule has 1 atom stereocenters. The van der Waals surface area contributed by atoms with Crippen molar-refractivity contribution < 1.29 is 24.2 Å². The van der Waals surface area contributed by atoms with Gasteiger partial charge in [-0.1, -0.05) is 48.5 Å². The summed E-state index contributed by atoms with van der Waals surface area (Å²) < 4.78 is 5.48. The Labute approximate surface area is 181 Å². The second-order valence-electron chi connectivity index (χ2n) is 8.25. The summed E-state index contributed by atoms with van der Waals surface area (Å²) in [6.45, 7) is 1.74. The van der Waals surface area contributed by atoms with Crippen molar-refractivity contribution in [1.29, 1.82) is 0 Å². The van der Waals surface area contributed by atoms with Crippen molar-refractivity contribution in [2.45, 2.75) is 31.7 Å². The molecule has 0 radical (unpaired) electrons. The Morgan fingerprint density at radius 2 is 1.65 bits per heavy atom. The predicted octanol–water partition coefficient (Wildman–Crippen LogP) is 3.24. The molecule has 2 amide bonds. The van der Waals surface area contributed by atoms with Gasteiger partial charge in [0.15, 0.2) is 0 Å². The standard InChI is InChI=1S/C24H26N2O5/c1-15(23(29)26(13-22(27)28)12-16-10-11-16)25-24(30)31-14-21-19-8-4-2-6-17(19)18-7-3-5-9-20(18)21/h2-9,15-16,21H,10-14H2,1H3,(H,25,30)(H,27,28)/t15-/m0/s1. The van der Waals surface area contributed by atoms with Crippen molar-refractivity contribution >= 4 is 18.0 Å². The molecule has 2 N–H and O–H groups in total. The number of rotatable bonds is 8. The van der Waals surface area contributed by atoms with E-state index in [0.29, 0.717) is 12.5 Å². The van der Waals surface area contributed by atoms with Crippen LogP contribution < -0.4 is 5.32 Å². The summed E-state index contributed by atoms with van der Waals surface area (Å²) >= 11 is 0. The Morgan fingerprint density at radius 3 is 2.19 bits per heavy atom. The van der Waals surface area contributed by atoms with E-state index in [1.54, 1.807) is 6.92 Å². The fourth-order valence-electron chi connectivity index (χ4n) is 4.16. The summed E-state index contributed by atoms with van der Waals surface area (Å²) in [4.78, 5) is 37.5. The Bertz CT molecular complexity index is 955. The number of hydrogen-bond acceptors (Lipinski definition) is 4. The fourth-order valence-corrected chi connectivity index (χ4v) is 4.16. The highest BCUT2D eigenvalue weighted by atomic mass is 16.5. The zero-order valence-electron chi connectivity index (χ0n) is 17.4. The molecule has 7 heteroatoms. The number of ether oxygens (including phenoxy) is 1.